The summed E-state index contributed by atoms with van der Waals surface area (Å²) in [5, 5.41) is 24.2. The first-order chi connectivity index (χ1) is 10.1. The lowest BCUT2D eigenvalue weighted by molar-refractivity contribution is -0.384. The maximum absolute atomic E-state index is 10.8. The van der Waals surface area contributed by atoms with E-state index in [1.54, 1.807) is 12.1 Å². The number of aromatic nitrogens is 1. The van der Waals surface area contributed by atoms with Crippen LogP contribution in [0.5, 0.6) is 11.5 Å². The van der Waals surface area contributed by atoms with Crippen LogP contribution in [0.1, 0.15) is 5.56 Å². The minimum atomic E-state index is -0.547. The number of aromatic hydroxyl groups is 1. The molecular weight excluding hydrogens is 276 g/mol. The van der Waals surface area contributed by atoms with E-state index < -0.39 is 4.92 Å². The largest absolute Gasteiger partial charge is 0.504 e. The zero-order valence-electron chi connectivity index (χ0n) is 11.1. The van der Waals surface area contributed by atoms with E-state index in [1.165, 1.54) is 37.7 Å². The summed E-state index contributed by atoms with van der Waals surface area (Å²) in [5.74, 6) is 0.371. The van der Waals surface area contributed by atoms with Crippen LogP contribution in [0.3, 0.4) is 0 Å². The zero-order valence-corrected chi connectivity index (χ0v) is 11.1. The second kappa shape index (κ2) is 6.33. The molecule has 0 aliphatic carbocycles. The first kappa shape index (κ1) is 14.3. The fourth-order valence-electron chi connectivity index (χ4n) is 1.57. The van der Waals surface area contributed by atoms with Gasteiger partial charge in [0.1, 0.15) is 0 Å². The number of phenolic OH excluding ortho intramolecular Hbond substituents is 1. The van der Waals surface area contributed by atoms with Gasteiger partial charge in [0, 0.05) is 12.3 Å². The number of ether oxygens (including phenoxy) is 1. The van der Waals surface area contributed by atoms with Crippen LogP contribution in [-0.4, -0.2) is 28.3 Å². The average Bonchev–Trinajstić information content (AvgIpc) is 2.49. The second-order valence-electron chi connectivity index (χ2n) is 3.93. The highest BCUT2D eigenvalue weighted by atomic mass is 16.6. The van der Waals surface area contributed by atoms with Crippen LogP contribution < -0.4 is 10.2 Å². The molecule has 2 N–H and O–H groups in total. The van der Waals surface area contributed by atoms with Gasteiger partial charge in [-0.2, -0.15) is 5.10 Å². The van der Waals surface area contributed by atoms with Crippen molar-refractivity contribution >= 4 is 17.7 Å². The Bertz CT molecular complexity index is 688. The molecule has 8 nitrogen and oxygen atoms in total. The molecule has 108 valence electrons. The molecule has 21 heavy (non-hydrogen) atoms. The Morgan fingerprint density at radius 1 is 1.48 bits per heavy atom. The molecule has 1 heterocycles. The van der Waals surface area contributed by atoms with Crippen LogP contribution in [-0.2, 0) is 0 Å². The molecule has 1 aromatic heterocycles. The van der Waals surface area contributed by atoms with Crippen molar-refractivity contribution in [3.8, 4) is 11.5 Å². The standard InChI is InChI=1S/C13H12N4O4/c1-21-12-7-9(4-5-11(12)18)8-15-16-13-10(17(19)20)3-2-6-14-13/h2-8,18H,1H3,(H,14,16)/b15-8-. The summed E-state index contributed by atoms with van der Waals surface area (Å²) < 4.78 is 4.97. The van der Waals surface area contributed by atoms with Crippen LogP contribution >= 0.6 is 0 Å². The van der Waals surface area contributed by atoms with E-state index in [-0.39, 0.29) is 17.3 Å². The van der Waals surface area contributed by atoms with Crippen molar-refractivity contribution < 1.29 is 14.8 Å². The van der Waals surface area contributed by atoms with Crippen molar-refractivity contribution in [2.75, 3.05) is 12.5 Å². The number of methoxy groups -OCH3 is 1. The normalized spacial score (nSPS) is 10.5. The number of hydrazone groups is 1. The van der Waals surface area contributed by atoms with Crippen LogP contribution in [0, 0.1) is 10.1 Å². The molecule has 0 atom stereocenters. The summed E-state index contributed by atoms with van der Waals surface area (Å²) >= 11 is 0. The summed E-state index contributed by atoms with van der Waals surface area (Å²) in [4.78, 5) is 14.1. The lowest BCUT2D eigenvalue weighted by Crippen LogP contribution is -1.99. The maximum Gasteiger partial charge on any atom is 0.313 e. The molecule has 0 aliphatic rings. The van der Waals surface area contributed by atoms with Gasteiger partial charge in [-0.3, -0.25) is 15.5 Å². The molecule has 2 rings (SSSR count). The van der Waals surface area contributed by atoms with Crippen LogP contribution in [0.4, 0.5) is 11.5 Å². The molecule has 0 amide bonds. The maximum atomic E-state index is 10.8. The van der Waals surface area contributed by atoms with Gasteiger partial charge in [-0.05, 0) is 29.8 Å². The highest BCUT2D eigenvalue weighted by Crippen LogP contribution is 2.25. The third-order valence-corrected chi connectivity index (χ3v) is 2.57. The number of rotatable bonds is 5. The Hall–Kier alpha value is -3.16. The van der Waals surface area contributed by atoms with Crippen LogP contribution in [0.2, 0.25) is 0 Å². The van der Waals surface area contributed by atoms with Gasteiger partial charge in [-0.15, -0.1) is 0 Å². The van der Waals surface area contributed by atoms with Gasteiger partial charge in [-0.25, -0.2) is 4.98 Å². The van der Waals surface area contributed by atoms with Crippen molar-refractivity contribution in [3.63, 3.8) is 0 Å². The minimum absolute atomic E-state index is 0.0166. The van der Waals surface area contributed by atoms with E-state index in [0.29, 0.717) is 11.3 Å². The lowest BCUT2D eigenvalue weighted by atomic mass is 10.2. The number of benzene rings is 1. The molecule has 0 fully saturated rings. The minimum Gasteiger partial charge on any atom is -0.504 e. The summed E-state index contributed by atoms with van der Waals surface area (Å²) in [6, 6.07) is 7.46. The SMILES string of the molecule is COc1cc(/C=N\Nc2ncccc2[N+](=O)[O-])ccc1O. The Morgan fingerprint density at radius 2 is 2.29 bits per heavy atom. The number of nitrogens with one attached hydrogen (secondary N) is 1. The molecule has 2 aromatic rings. The Balaban J connectivity index is 2.15. The van der Waals surface area contributed by atoms with Crippen LogP contribution in [0.15, 0.2) is 41.6 Å². The fraction of sp³-hybridized carbons (Fsp3) is 0.0769. The van der Waals surface area contributed by atoms with Gasteiger partial charge in [0.15, 0.2) is 11.5 Å². The molecule has 0 saturated carbocycles. The first-order valence-electron chi connectivity index (χ1n) is 5.87. The highest BCUT2D eigenvalue weighted by Gasteiger charge is 2.12. The van der Waals surface area contributed by atoms with Gasteiger partial charge >= 0.3 is 5.69 Å². The molecule has 0 aliphatic heterocycles. The van der Waals surface area contributed by atoms with E-state index in [0.717, 1.165) is 0 Å². The molecule has 0 spiro atoms. The molecular formula is C13H12N4O4. The Kier molecular flexibility index (Phi) is 4.30. The van der Waals surface area contributed by atoms with E-state index in [4.69, 9.17) is 4.74 Å². The average molecular weight is 288 g/mol. The van der Waals surface area contributed by atoms with Crippen molar-refractivity contribution in [1.29, 1.82) is 0 Å². The summed E-state index contributed by atoms with van der Waals surface area (Å²) in [5.41, 5.74) is 2.99. The number of nitro groups is 1. The van der Waals surface area contributed by atoms with Crippen molar-refractivity contribution in [1.82, 2.24) is 4.98 Å². The molecule has 0 saturated heterocycles. The van der Waals surface area contributed by atoms with E-state index in [9.17, 15) is 15.2 Å². The summed E-state index contributed by atoms with van der Waals surface area (Å²) in [6.45, 7) is 0. The van der Waals surface area contributed by atoms with Gasteiger partial charge in [0.25, 0.3) is 0 Å². The number of hydrogen-bond acceptors (Lipinski definition) is 7. The number of nitrogens with zero attached hydrogens (tertiary/aromatic N) is 3. The second-order valence-corrected chi connectivity index (χ2v) is 3.93. The Morgan fingerprint density at radius 3 is 3.00 bits per heavy atom. The monoisotopic (exact) mass is 288 g/mol. The van der Waals surface area contributed by atoms with Crippen molar-refractivity contribution in [2.45, 2.75) is 0 Å². The molecule has 1 aromatic carbocycles. The van der Waals surface area contributed by atoms with Gasteiger partial charge in [0.05, 0.1) is 18.2 Å². The number of phenols is 1. The third kappa shape index (κ3) is 3.44. The first-order valence-corrected chi connectivity index (χ1v) is 5.87. The molecule has 0 unspecified atom stereocenters. The van der Waals surface area contributed by atoms with Gasteiger partial charge < -0.3 is 9.84 Å². The highest BCUT2D eigenvalue weighted by molar-refractivity contribution is 5.81. The summed E-state index contributed by atoms with van der Waals surface area (Å²) in [7, 11) is 1.44. The summed E-state index contributed by atoms with van der Waals surface area (Å²) in [6.07, 6.45) is 2.86. The van der Waals surface area contributed by atoms with Crippen molar-refractivity contribution in [2.24, 2.45) is 5.10 Å². The van der Waals surface area contributed by atoms with E-state index in [2.05, 4.69) is 15.5 Å². The topological polar surface area (TPSA) is 110 Å². The molecule has 0 radical (unpaired) electrons. The molecule has 8 heteroatoms. The number of hydrogen-bond donors (Lipinski definition) is 2. The van der Waals surface area contributed by atoms with E-state index in [1.807, 2.05) is 0 Å². The smallest absolute Gasteiger partial charge is 0.313 e. The quantitative estimate of drug-likeness (QED) is 0.495. The van der Waals surface area contributed by atoms with Gasteiger partial charge in [0.2, 0.25) is 5.82 Å². The predicted molar refractivity (Wildman–Crippen MR) is 76.8 cm³/mol. The van der Waals surface area contributed by atoms with Gasteiger partial charge in [-0.1, -0.05) is 0 Å². The number of pyridine rings is 1. The molecule has 0 bridgehead atoms. The van der Waals surface area contributed by atoms with Crippen molar-refractivity contribution in [3.05, 3.63) is 52.2 Å². The zero-order chi connectivity index (χ0) is 15.2. The lowest BCUT2D eigenvalue weighted by Gasteiger charge is -2.03. The van der Waals surface area contributed by atoms with E-state index >= 15 is 0 Å². The fourth-order valence-corrected chi connectivity index (χ4v) is 1.57. The number of anilines is 1. The predicted octanol–water partition coefficient (Wildman–Crippen LogP) is 2.15. The van der Waals surface area contributed by atoms with Crippen LogP contribution in [0.25, 0.3) is 0 Å². The Labute approximate surface area is 119 Å². The third-order valence-electron chi connectivity index (χ3n) is 2.57.